The molecule has 1 aliphatic heterocycles. The zero-order valence-corrected chi connectivity index (χ0v) is 20.7. The second kappa shape index (κ2) is 8.93. The number of carbonyl (C=O) groups excluding carboxylic acids is 1. The van der Waals surface area contributed by atoms with Gasteiger partial charge in [0, 0.05) is 25.1 Å². The van der Waals surface area contributed by atoms with Crippen molar-refractivity contribution in [2.75, 3.05) is 13.1 Å². The molecule has 0 radical (unpaired) electrons. The van der Waals surface area contributed by atoms with Crippen LogP contribution in [0.5, 0.6) is 0 Å². The molecule has 37 heavy (non-hydrogen) atoms. The number of alkyl halides is 3. The SMILES string of the molecule is CC(C)(C)OC(=O)N1CCC(c2cc(=O)[nH]c3c4c(-c5ccc(C(F)(F)F)cc5)cccc4nn23)CC1. The van der Waals surface area contributed by atoms with Gasteiger partial charge in [0.1, 0.15) is 11.2 Å². The summed E-state index contributed by atoms with van der Waals surface area (Å²) in [7, 11) is 0. The van der Waals surface area contributed by atoms with Gasteiger partial charge in [-0.05, 0) is 62.9 Å². The molecule has 1 fully saturated rings. The molecule has 0 spiro atoms. The smallest absolute Gasteiger partial charge is 0.416 e. The van der Waals surface area contributed by atoms with Gasteiger partial charge in [-0.1, -0.05) is 24.3 Å². The number of H-pyrrole nitrogens is 1. The predicted octanol–water partition coefficient (Wildman–Crippen LogP) is 5.98. The van der Waals surface area contributed by atoms with Gasteiger partial charge in [0.25, 0.3) is 5.56 Å². The van der Waals surface area contributed by atoms with E-state index in [9.17, 15) is 22.8 Å². The lowest BCUT2D eigenvalue weighted by atomic mass is 9.93. The van der Waals surface area contributed by atoms with E-state index in [2.05, 4.69) is 4.98 Å². The van der Waals surface area contributed by atoms with Crippen LogP contribution in [0.1, 0.15) is 50.8 Å². The molecule has 0 saturated carbocycles. The van der Waals surface area contributed by atoms with Crippen LogP contribution in [-0.4, -0.2) is 44.3 Å². The Morgan fingerprint density at radius 1 is 1.05 bits per heavy atom. The van der Waals surface area contributed by atoms with E-state index in [1.165, 1.54) is 18.2 Å². The number of likely N-dealkylation sites (tertiary alicyclic amines) is 1. The highest BCUT2D eigenvalue weighted by molar-refractivity contribution is 6.04. The molecule has 194 valence electrons. The summed E-state index contributed by atoms with van der Waals surface area (Å²) in [5.74, 6) is -0.00711. The molecular formula is C27H27F3N4O3. The fraction of sp³-hybridized carbons (Fsp3) is 0.370. The molecule has 10 heteroatoms. The molecule has 1 amide bonds. The average Bonchev–Trinajstić information content (AvgIpc) is 3.21. The Morgan fingerprint density at radius 3 is 2.35 bits per heavy atom. The van der Waals surface area contributed by atoms with Crippen molar-refractivity contribution in [3.8, 4) is 11.1 Å². The number of aromatic nitrogens is 3. The second-order valence-corrected chi connectivity index (χ2v) is 10.3. The predicted molar refractivity (Wildman–Crippen MR) is 134 cm³/mol. The van der Waals surface area contributed by atoms with Crippen molar-refractivity contribution in [2.45, 2.75) is 51.3 Å². The van der Waals surface area contributed by atoms with E-state index in [4.69, 9.17) is 9.84 Å². The Hall–Kier alpha value is -3.82. The lowest BCUT2D eigenvalue weighted by Crippen LogP contribution is -2.41. The van der Waals surface area contributed by atoms with Crippen molar-refractivity contribution >= 4 is 22.6 Å². The van der Waals surface area contributed by atoms with Crippen molar-refractivity contribution in [1.82, 2.24) is 19.5 Å². The molecule has 0 aliphatic carbocycles. The van der Waals surface area contributed by atoms with Gasteiger partial charge in [-0.3, -0.25) is 4.79 Å². The average molecular weight is 513 g/mol. The molecule has 1 saturated heterocycles. The lowest BCUT2D eigenvalue weighted by Gasteiger charge is -2.33. The molecule has 2 aromatic heterocycles. The van der Waals surface area contributed by atoms with Crippen molar-refractivity contribution in [3.05, 3.63) is 70.1 Å². The fourth-order valence-corrected chi connectivity index (χ4v) is 4.84. The summed E-state index contributed by atoms with van der Waals surface area (Å²) in [5, 5.41) is 5.40. The van der Waals surface area contributed by atoms with Gasteiger partial charge >= 0.3 is 12.3 Å². The van der Waals surface area contributed by atoms with Gasteiger partial charge in [0.15, 0.2) is 0 Å². The van der Waals surface area contributed by atoms with E-state index >= 15 is 0 Å². The molecule has 5 rings (SSSR count). The number of rotatable bonds is 2. The van der Waals surface area contributed by atoms with Gasteiger partial charge in [0.2, 0.25) is 0 Å². The Labute approximate surface area is 210 Å². The first-order valence-electron chi connectivity index (χ1n) is 12.1. The summed E-state index contributed by atoms with van der Waals surface area (Å²) in [4.78, 5) is 29.7. The van der Waals surface area contributed by atoms with Crippen LogP contribution in [0.25, 0.3) is 27.7 Å². The monoisotopic (exact) mass is 512 g/mol. The Balaban J connectivity index is 1.51. The number of carbonyl (C=O) groups is 1. The number of fused-ring (bicyclic) bond motifs is 3. The van der Waals surface area contributed by atoms with Crippen LogP contribution in [0.15, 0.2) is 53.3 Å². The quantitative estimate of drug-likeness (QED) is 0.359. The maximum Gasteiger partial charge on any atom is 0.416 e. The number of aromatic amines is 1. The standard InChI is InChI=1S/C27H27F3N4O3/c1-26(2,3)37-25(36)33-13-11-17(12-14-33)21-15-22(35)31-24-23-19(5-4-6-20(23)32-34(21)24)16-7-9-18(10-8-16)27(28,29)30/h4-10,15,17H,11-14H2,1-3H3,(H,31,35). The molecule has 0 bridgehead atoms. The number of benzene rings is 2. The van der Waals surface area contributed by atoms with Gasteiger partial charge in [-0.25, -0.2) is 9.31 Å². The van der Waals surface area contributed by atoms with Crippen LogP contribution < -0.4 is 5.56 Å². The lowest BCUT2D eigenvalue weighted by molar-refractivity contribution is -0.137. The largest absolute Gasteiger partial charge is 0.444 e. The number of hydrogen-bond acceptors (Lipinski definition) is 4. The molecular weight excluding hydrogens is 485 g/mol. The normalized spacial score (nSPS) is 15.5. The highest BCUT2D eigenvalue weighted by Gasteiger charge is 2.31. The third kappa shape index (κ3) is 4.92. The first-order valence-corrected chi connectivity index (χ1v) is 12.1. The summed E-state index contributed by atoms with van der Waals surface area (Å²) in [5.41, 5.74) is 1.51. The number of hydrogen-bond donors (Lipinski definition) is 1. The molecule has 0 atom stereocenters. The summed E-state index contributed by atoms with van der Waals surface area (Å²) in [6, 6.07) is 11.9. The number of nitrogens with zero attached hydrogens (tertiary/aromatic N) is 3. The first kappa shape index (κ1) is 24.9. The van der Waals surface area contributed by atoms with Crippen LogP contribution in [-0.2, 0) is 10.9 Å². The maximum atomic E-state index is 13.1. The second-order valence-electron chi connectivity index (χ2n) is 10.3. The van der Waals surface area contributed by atoms with Crippen LogP contribution >= 0.6 is 0 Å². The van der Waals surface area contributed by atoms with Crippen LogP contribution in [0.2, 0.25) is 0 Å². The van der Waals surface area contributed by atoms with E-state index < -0.39 is 17.3 Å². The molecule has 7 nitrogen and oxygen atoms in total. The number of halogens is 3. The Kier molecular flexibility index (Phi) is 6.00. The van der Waals surface area contributed by atoms with E-state index in [1.807, 2.05) is 26.8 Å². The van der Waals surface area contributed by atoms with Gasteiger partial charge in [0.05, 0.1) is 22.2 Å². The molecule has 0 unspecified atom stereocenters. The molecule has 1 aliphatic rings. The third-order valence-electron chi connectivity index (χ3n) is 6.55. The number of ether oxygens (including phenoxy) is 1. The van der Waals surface area contributed by atoms with Crippen molar-refractivity contribution in [1.29, 1.82) is 0 Å². The fourth-order valence-electron chi connectivity index (χ4n) is 4.84. The summed E-state index contributed by atoms with van der Waals surface area (Å²) in [6.07, 6.45) is -3.50. The zero-order chi connectivity index (χ0) is 26.5. The van der Waals surface area contributed by atoms with Gasteiger partial charge in [-0.15, -0.1) is 0 Å². The number of piperidine rings is 1. The van der Waals surface area contributed by atoms with E-state index in [1.54, 1.807) is 21.5 Å². The maximum absolute atomic E-state index is 13.1. The van der Waals surface area contributed by atoms with Crippen LogP contribution in [0, 0.1) is 0 Å². The van der Waals surface area contributed by atoms with E-state index in [0.717, 1.165) is 17.8 Å². The summed E-state index contributed by atoms with van der Waals surface area (Å²) >= 11 is 0. The molecule has 1 N–H and O–H groups in total. The third-order valence-corrected chi connectivity index (χ3v) is 6.55. The van der Waals surface area contributed by atoms with E-state index in [0.29, 0.717) is 53.6 Å². The minimum atomic E-state index is -4.42. The van der Waals surface area contributed by atoms with E-state index in [-0.39, 0.29) is 17.6 Å². The Bertz CT molecular complexity index is 1520. The van der Waals surface area contributed by atoms with Gasteiger partial charge in [-0.2, -0.15) is 18.3 Å². The zero-order valence-electron chi connectivity index (χ0n) is 20.7. The van der Waals surface area contributed by atoms with Crippen molar-refractivity contribution in [3.63, 3.8) is 0 Å². The summed E-state index contributed by atoms with van der Waals surface area (Å²) in [6.45, 7) is 6.46. The Morgan fingerprint density at radius 2 is 1.73 bits per heavy atom. The number of nitrogens with one attached hydrogen (secondary N) is 1. The first-order chi connectivity index (χ1) is 17.4. The minimum Gasteiger partial charge on any atom is -0.444 e. The van der Waals surface area contributed by atoms with Crippen LogP contribution in [0.3, 0.4) is 0 Å². The molecule has 2 aromatic carbocycles. The van der Waals surface area contributed by atoms with Gasteiger partial charge < -0.3 is 14.6 Å². The number of amides is 1. The highest BCUT2D eigenvalue weighted by Crippen LogP contribution is 2.36. The minimum absolute atomic E-state index is 0.00711. The highest BCUT2D eigenvalue weighted by atomic mass is 19.4. The van der Waals surface area contributed by atoms with Crippen molar-refractivity contribution in [2.24, 2.45) is 0 Å². The summed E-state index contributed by atoms with van der Waals surface area (Å²) < 4.78 is 46.4. The molecule has 4 aromatic rings. The molecule has 3 heterocycles. The van der Waals surface area contributed by atoms with Crippen molar-refractivity contribution < 1.29 is 22.7 Å². The topological polar surface area (TPSA) is 79.7 Å². The van der Waals surface area contributed by atoms with Crippen LogP contribution in [0.4, 0.5) is 18.0 Å².